The molecule has 3 aromatic rings. The zero-order chi connectivity index (χ0) is 15.7. The van der Waals surface area contributed by atoms with Gasteiger partial charge in [0.1, 0.15) is 5.69 Å². The number of hydrazine groups is 1. The fraction of sp³-hybridized carbons (Fsp3) is 0.0667. The quantitative estimate of drug-likeness (QED) is 0.674. The molecule has 2 N–H and O–H groups in total. The molecule has 0 radical (unpaired) electrons. The average molecular weight is 378 g/mol. The number of carbonyl (C=O) groups is 2. The SMILES string of the molecule is Cn1cc(Br)cc1C(=O)NNC(=O)c1cc2ccccc2s1. The molecule has 0 saturated heterocycles. The molecule has 3 rings (SSSR count). The van der Waals surface area contributed by atoms with Gasteiger partial charge < -0.3 is 4.57 Å². The monoisotopic (exact) mass is 377 g/mol. The molecular formula is C15H12BrN3O2S. The van der Waals surface area contributed by atoms with E-state index in [9.17, 15) is 9.59 Å². The van der Waals surface area contributed by atoms with E-state index in [1.807, 2.05) is 24.3 Å². The Labute approximate surface area is 139 Å². The van der Waals surface area contributed by atoms with Crippen LogP contribution in [0.4, 0.5) is 0 Å². The summed E-state index contributed by atoms with van der Waals surface area (Å²) in [7, 11) is 1.76. The van der Waals surface area contributed by atoms with Gasteiger partial charge in [-0.15, -0.1) is 11.3 Å². The Morgan fingerprint density at radius 2 is 1.86 bits per heavy atom. The van der Waals surface area contributed by atoms with Gasteiger partial charge in [0, 0.05) is 22.4 Å². The van der Waals surface area contributed by atoms with Crippen LogP contribution in [0.2, 0.25) is 0 Å². The third-order valence-electron chi connectivity index (χ3n) is 3.14. The number of fused-ring (bicyclic) bond motifs is 1. The van der Waals surface area contributed by atoms with Gasteiger partial charge in [-0.1, -0.05) is 18.2 Å². The minimum Gasteiger partial charge on any atom is -0.345 e. The van der Waals surface area contributed by atoms with Crippen LogP contribution in [0.15, 0.2) is 47.1 Å². The number of aryl methyl sites for hydroxylation is 1. The van der Waals surface area contributed by atoms with Crippen molar-refractivity contribution in [2.45, 2.75) is 0 Å². The highest BCUT2D eigenvalue weighted by Crippen LogP contribution is 2.24. The first-order chi connectivity index (χ1) is 10.5. The highest BCUT2D eigenvalue weighted by molar-refractivity contribution is 9.10. The second-order valence-corrected chi connectivity index (χ2v) is 6.71. The summed E-state index contributed by atoms with van der Waals surface area (Å²) in [6.07, 6.45) is 1.77. The number of carbonyl (C=O) groups excluding carboxylic acids is 2. The van der Waals surface area contributed by atoms with Gasteiger partial charge in [-0.2, -0.15) is 0 Å². The van der Waals surface area contributed by atoms with Crippen LogP contribution in [0.5, 0.6) is 0 Å². The Kier molecular flexibility index (Phi) is 4.00. The fourth-order valence-electron chi connectivity index (χ4n) is 2.08. The molecule has 2 heterocycles. The molecule has 0 unspecified atom stereocenters. The minimum absolute atomic E-state index is 0.331. The van der Waals surface area contributed by atoms with Crippen molar-refractivity contribution in [1.29, 1.82) is 0 Å². The van der Waals surface area contributed by atoms with E-state index in [4.69, 9.17) is 0 Å². The van der Waals surface area contributed by atoms with Crippen LogP contribution < -0.4 is 10.9 Å². The molecule has 112 valence electrons. The predicted octanol–water partition coefficient (Wildman–Crippen LogP) is 3.08. The first kappa shape index (κ1) is 14.8. The smallest absolute Gasteiger partial charge is 0.286 e. The molecule has 22 heavy (non-hydrogen) atoms. The van der Waals surface area contributed by atoms with Gasteiger partial charge in [0.25, 0.3) is 11.8 Å². The molecule has 7 heteroatoms. The number of hydrogen-bond acceptors (Lipinski definition) is 3. The zero-order valence-corrected chi connectivity index (χ0v) is 14.0. The lowest BCUT2D eigenvalue weighted by atomic mass is 10.2. The summed E-state index contributed by atoms with van der Waals surface area (Å²) in [4.78, 5) is 24.7. The van der Waals surface area contributed by atoms with Crippen LogP contribution in [0.3, 0.4) is 0 Å². The largest absolute Gasteiger partial charge is 0.345 e. The first-order valence-electron chi connectivity index (χ1n) is 6.46. The van der Waals surface area contributed by atoms with Crippen LogP contribution in [0, 0.1) is 0 Å². The summed E-state index contributed by atoms with van der Waals surface area (Å²) in [5, 5.41) is 1.01. The number of hydrogen-bond donors (Lipinski definition) is 2. The Bertz CT molecular complexity index is 836. The van der Waals surface area contributed by atoms with E-state index in [2.05, 4.69) is 26.8 Å². The molecule has 0 bridgehead atoms. The van der Waals surface area contributed by atoms with Gasteiger partial charge in [-0.05, 0) is 39.5 Å². The minimum atomic E-state index is -0.373. The van der Waals surface area contributed by atoms with Crippen LogP contribution in [-0.2, 0) is 7.05 Å². The van der Waals surface area contributed by atoms with Gasteiger partial charge >= 0.3 is 0 Å². The topological polar surface area (TPSA) is 63.1 Å². The molecule has 5 nitrogen and oxygen atoms in total. The lowest BCUT2D eigenvalue weighted by molar-refractivity contribution is 0.0844. The van der Waals surface area contributed by atoms with Gasteiger partial charge in [-0.25, -0.2) is 0 Å². The van der Waals surface area contributed by atoms with Gasteiger partial charge in [0.05, 0.1) is 4.88 Å². The number of aromatic nitrogens is 1. The van der Waals surface area contributed by atoms with Crippen molar-refractivity contribution in [1.82, 2.24) is 15.4 Å². The van der Waals surface area contributed by atoms with E-state index in [-0.39, 0.29) is 11.8 Å². The average Bonchev–Trinajstić information content (AvgIpc) is 3.07. The lowest BCUT2D eigenvalue weighted by Crippen LogP contribution is -2.41. The molecule has 0 fully saturated rings. The molecule has 2 aromatic heterocycles. The molecule has 0 aliphatic rings. The van der Waals surface area contributed by atoms with Crippen LogP contribution >= 0.6 is 27.3 Å². The van der Waals surface area contributed by atoms with Crippen LogP contribution in [0.1, 0.15) is 20.2 Å². The number of rotatable bonds is 2. The molecule has 0 aliphatic heterocycles. The number of nitrogens with one attached hydrogen (secondary N) is 2. The second-order valence-electron chi connectivity index (χ2n) is 4.71. The van der Waals surface area contributed by atoms with Crippen molar-refractivity contribution in [2.75, 3.05) is 0 Å². The van der Waals surface area contributed by atoms with Crippen molar-refractivity contribution >= 4 is 49.2 Å². The fourth-order valence-corrected chi connectivity index (χ4v) is 3.56. The molecule has 0 spiro atoms. The maximum atomic E-state index is 12.1. The van der Waals surface area contributed by atoms with Gasteiger partial charge in [0.2, 0.25) is 0 Å². The van der Waals surface area contributed by atoms with E-state index in [0.717, 1.165) is 14.6 Å². The van der Waals surface area contributed by atoms with Crippen LogP contribution in [-0.4, -0.2) is 16.4 Å². The predicted molar refractivity (Wildman–Crippen MR) is 89.9 cm³/mol. The van der Waals surface area contributed by atoms with Crippen molar-refractivity contribution in [3.05, 3.63) is 57.6 Å². The standard InChI is InChI=1S/C15H12BrN3O2S/c1-19-8-10(16)7-11(19)14(20)17-18-15(21)13-6-9-4-2-3-5-12(9)22-13/h2-8H,1H3,(H,17,20)(H,18,21). The highest BCUT2D eigenvalue weighted by Gasteiger charge is 2.14. The number of halogens is 1. The number of thiophene rings is 1. The number of amides is 2. The number of benzene rings is 1. The maximum absolute atomic E-state index is 12.1. The molecular weight excluding hydrogens is 366 g/mol. The summed E-state index contributed by atoms with van der Waals surface area (Å²) < 4.78 is 3.51. The summed E-state index contributed by atoms with van der Waals surface area (Å²) in [5.41, 5.74) is 5.31. The van der Waals surface area contributed by atoms with Crippen molar-refractivity contribution in [2.24, 2.45) is 7.05 Å². The molecule has 0 saturated carbocycles. The second kappa shape index (κ2) is 5.94. The first-order valence-corrected chi connectivity index (χ1v) is 8.06. The van der Waals surface area contributed by atoms with E-state index in [1.165, 1.54) is 11.3 Å². The van der Waals surface area contributed by atoms with Gasteiger partial charge in [-0.3, -0.25) is 20.4 Å². The van der Waals surface area contributed by atoms with Crippen molar-refractivity contribution in [3.8, 4) is 0 Å². The molecule has 0 atom stereocenters. The lowest BCUT2D eigenvalue weighted by Gasteiger charge is -2.06. The number of nitrogens with zero attached hydrogens (tertiary/aromatic N) is 1. The molecule has 0 aliphatic carbocycles. The summed E-state index contributed by atoms with van der Waals surface area (Å²) in [6.45, 7) is 0. The third-order valence-corrected chi connectivity index (χ3v) is 4.69. The summed E-state index contributed by atoms with van der Waals surface area (Å²) in [5.74, 6) is -0.703. The van der Waals surface area contributed by atoms with E-state index >= 15 is 0 Å². The maximum Gasteiger partial charge on any atom is 0.286 e. The highest BCUT2D eigenvalue weighted by atomic mass is 79.9. The Hall–Kier alpha value is -2.12. The van der Waals surface area contributed by atoms with Crippen LogP contribution in [0.25, 0.3) is 10.1 Å². The summed E-state index contributed by atoms with van der Waals surface area (Å²) >= 11 is 4.69. The summed E-state index contributed by atoms with van der Waals surface area (Å²) in [6, 6.07) is 11.2. The van der Waals surface area contributed by atoms with Crippen molar-refractivity contribution < 1.29 is 9.59 Å². The van der Waals surface area contributed by atoms with E-state index in [1.54, 1.807) is 29.9 Å². The van der Waals surface area contributed by atoms with Gasteiger partial charge in [0.15, 0.2) is 0 Å². The Balaban J connectivity index is 1.69. The third kappa shape index (κ3) is 2.90. The van der Waals surface area contributed by atoms with E-state index < -0.39 is 0 Å². The molecule has 2 amide bonds. The Morgan fingerprint density at radius 1 is 1.14 bits per heavy atom. The van der Waals surface area contributed by atoms with E-state index in [0.29, 0.717) is 10.6 Å². The normalized spacial score (nSPS) is 10.6. The molecule has 1 aromatic carbocycles. The van der Waals surface area contributed by atoms with Crippen molar-refractivity contribution in [3.63, 3.8) is 0 Å². The Morgan fingerprint density at radius 3 is 2.55 bits per heavy atom. The zero-order valence-electron chi connectivity index (χ0n) is 11.6.